The van der Waals surface area contributed by atoms with Gasteiger partial charge in [0.2, 0.25) is 10.0 Å². The molecule has 0 saturated carbocycles. The highest BCUT2D eigenvalue weighted by atomic mass is 32.2. The van der Waals surface area contributed by atoms with Crippen LogP contribution in [0.4, 0.5) is 0 Å². The Balaban J connectivity index is 1.84. The fourth-order valence-corrected chi connectivity index (χ4v) is 4.07. The maximum atomic E-state index is 12.7. The number of nitrogens with zero attached hydrogens (tertiary/aromatic N) is 2. The molecule has 134 valence electrons. The molecule has 2 heterocycles. The molecule has 0 unspecified atom stereocenters. The summed E-state index contributed by atoms with van der Waals surface area (Å²) in [6.45, 7) is 2.88. The van der Waals surface area contributed by atoms with Crippen molar-refractivity contribution in [1.82, 2.24) is 9.21 Å². The lowest BCUT2D eigenvalue weighted by molar-refractivity contribution is 0.0760. The summed E-state index contributed by atoms with van der Waals surface area (Å²) < 4.78 is 30.6. The second-order valence-corrected chi connectivity index (χ2v) is 8.19. The van der Waals surface area contributed by atoms with Crippen LogP contribution in [-0.2, 0) is 10.0 Å². The van der Waals surface area contributed by atoms with Crippen molar-refractivity contribution in [1.29, 1.82) is 0 Å². The Bertz CT molecular complexity index is 951. The van der Waals surface area contributed by atoms with Crippen LogP contribution in [0.15, 0.2) is 39.5 Å². The Labute approximate surface area is 145 Å². The Morgan fingerprint density at radius 2 is 1.92 bits per heavy atom. The van der Waals surface area contributed by atoms with Gasteiger partial charge in [0.25, 0.3) is 5.91 Å². The topological polar surface area (TPSA) is 87.9 Å². The van der Waals surface area contributed by atoms with Crippen molar-refractivity contribution in [2.45, 2.75) is 13.3 Å². The minimum atomic E-state index is -3.28. The zero-order valence-corrected chi connectivity index (χ0v) is 14.8. The van der Waals surface area contributed by atoms with Gasteiger partial charge in [-0.2, -0.15) is 0 Å². The molecule has 0 atom stereocenters. The molecule has 1 amide bonds. The third-order valence-corrected chi connectivity index (χ3v) is 6.25. The number of fused-ring (bicyclic) bond motifs is 1. The number of benzene rings is 1. The number of rotatable bonds is 3. The molecule has 1 aromatic heterocycles. The number of para-hydroxylation sites is 1. The van der Waals surface area contributed by atoms with Crippen molar-refractivity contribution in [2.24, 2.45) is 0 Å². The van der Waals surface area contributed by atoms with Crippen LogP contribution >= 0.6 is 0 Å². The number of carbonyl (C=O) groups excluding carboxylic acids is 1. The van der Waals surface area contributed by atoms with Crippen molar-refractivity contribution >= 4 is 26.9 Å². The Hall–Kier alpha value is -2.19. The normalized spacial score (nSPS) is 16.8. The molecule has 1 aliphatic heterocycles. The molecule has 1 saturated heterocycles. The van der Waals surface area contributed by atoms with Crippen LogP contribution in [-0.4, -0.2) is 55.5 Å². The molecule has 8 heteroatoms. The lowest BCUT2D eigenvalue weighted by Gasteiger charge is -2.21. The Kier molecular flexibility index (Phi) is 4.91. The summed E-state index contributed by atoms with van der Waals surface area (Å²) in [5.74, 6) is -0.384. The van der Waals surface area contributed by atoms with Gasteiger partial charge in [0.05, 0.1) is 5.75 Å². The second-order valence-electron chi connectivity index (χ2n) is 5.93. The number of amides is 1. The largest absolute Gasteiger partial charge is 0.422 e. The first-order chi connectivity index (χ1) is 11.9. The zero-order valence-electron chi connectivity index (χ0n) is 14.0. The zero-order chi connectivity index (χ0) is 18.0. The van der Waals surface area contributed by atoms with Gasteiger partial charge in [0, 0.05) is 31.6 Å². The predicted octanol–water partition coefficient (Wildman–Crippen LogP) is 1.29. The van der Waals surface area contributed by atoms with Crippen molar-refractivity contribution in [3.8, 4) is 0 Å². The van der Waals surface area contributed by atoms with Crippen LogP contribution in [0.3, 0.4) is 0 Å². The Morgan fingerprint density at radius 3 is 2.68 bits per heavy atom. The van der Waals surface area contributed by atoms with E-state index >= 15 is 0 Å². The third kappa shape index (κ3) is 3.59. The highest BCUT2D eigenvalue weighted by Gasteiger charge is 2.27. The van der Waals surface area contributed by atoms with Gasteiger partial charge in [-0.25, -0.2) is 17.5 Å². The van der Waals surface area contributed by atoms with E-state index in [2.05, 4.69) is 0 Å². The van der Waals surface area contributed by atoms with Crippen molar-refractivity contribution in [2.75, 3.05) is 31.9 Å². The summed E-state index contributed by atoms with van der Waals surface area (Å²) in [4.78, 5) is 26.4. The minimum Gasteiger partial charge on any atom is -0.422 e. The molecule has 0 aliphatic carbocycles. The molecule has 2 aromatic rings. The fraction of sp³-hybridized carbons (Fsp3) is 0.412. The minimum absolute atomic E-state index is 0.0227. The summed E-state index contributed by atoms with van der Waals surface area (Å²) >= 11 is 0. The van der Waals surface area contributed by atoms with Gasteiger partial charge in [-0.05, 0) is 25.5 Å². The van der Waals surface area contributed by atoms with E-state index in [1.54, 1.807) is 31.2 Å². The van der Waals surface area contributed by atoms with E-state index in [1.807, 2.05) is 0 Å². The average molecular weight is 364 g/mol. The van der Waals surface area contributed by atoms with Gasteiger partial charge in [-0.3, -0.25) is 4.79 Å². The number of hydrogen-bond acceptors (Lipinski definition) is 5. The predicted molar refractivity (Wildman–Crippen MR) is 94.0 cm³/mol. The Morgan fingerprint density at radius 1 is 1.16 bits per heavy atom. The first kappa shape index (κ1) is 17.6. The maximum absolute atomic E-state index is 12.7. The first-order valence-corrected chi connectivity index (χ1v) is 9.83. The van der Waals surface area contributed by atoms with Crippen LogP contribution in [0.5, 0.6) is 0 Å². The molecule has 1 aromatic carbocycles. The third-order valence-electron chi connectivity index (χ3n) is 4.37. The molecule has 0 radical (unpaired) electrons. The highest BCUT2D eigenvalue weighted by Crippen LogP contribution is 2.15. The summed E-state index contributed by atoms with van der Waals surface area (Å²) in [7, 11) is -3.28. The fourth-order valence-electron chi connectivity index (χ4n) is 2.94. The van der Waals surface area contributed by atoms with E-state index in [-0.39, 0.29) is 24.4 Å². The molecule has 0 N–H and O–H groups in total. The SMILES string of the molecule is CCS(=O)(=O)N1CCCN(C(=O)c2cc3ccccc3oc2=O)CC1. The first-order valence-electron chi connectivity index (χ1n) is 8.22. The van der Waals surface area contributed by atoms with Crippen LogP contribution in [0.2, 0.25) is 0 Å². The second kappa shape index (κ2) is 6.97. The number of sulfonamides is 1. The van der Waals surface area contributed by atoms with E-state index in [1.165, 1.54) is 15.3 Å². The maximum Gasteiger partial charge on any atom is 0.349 e. The van der Waals surface area contributed by atoms with Crippen LogP contribution in [0.1, 0.15) is 23.7 Å². The van der Waals surface area contributed by atoms with Gasteiger partial charge in [0.15, 0.2) is 0 Å². The molecule has 25 heavy (non-hydrogen) atoms. The molecule has 7 nitrogen and oxygen atoms in total. The van der Waals surface area contributed by atoms with Gasteiger partial charge >= 0.3 is 5.63 Å². The van der Waals surface area contributed by atoms with E-state index in [0.29, 0.717) is 30.5 Å². The van der Waals surface area contributed by atoms with E-state index in [0.717, 1.165) is 0 Å². The van der Waals surface area contributed by atoms with Gasteiger partial charge < -0.3 is 9.32 Å². The molecule has 3 rings (SSSR count). The standard InChI is InChI=1S/C17H20N2O5S/c1-2-25(22,23)19-9-5-8-18(10-11-19)16(20)14-12-13-6-3-4-7-15(13)24-17(14)21/h3-4,6-7,12H,2,5,8-11H2,1H3. The van der Waals surface area contributed by atoms with Gasteiger partial charge in [0.1, 0.15) is 11.1 Å². The van der Waals surface area contributed by atoms with Crippen LogP contribution in [0, 0.1) is 0 Å². The average Bonchev–Trinajstić information content (AvgIpc) is 2.87. The molecule has 1 aliphatic rings. The molecular formula is C17H20N2O5S. The number of carbonyl (C=O) groups is 1. The summed E-state index contributed by atoms with van der Waals surface area (Å²) in [5.41, 5.74) is -0.267. The van der Waals surface area contributed by atoms with E-state index in [9.17, 15) is 18.0 Å². The van der Waals surface area contributed by atoms with Crippen LogP contribution in [0.25, 0.3) is 11.0 Å². The molecule has 0 bridgehead atoms. The lowest BCUT2D eigenvalue weighted by Crippen LogP contribution is -2.39. The summed E-state index contributed by atoms with van der Waals surface area (Å²) in [6, 6.07) is 8.53. The van der Waals surface area contributed by atoms with E-state index < -0.39 is 21.6 Å². The monoisotopic (exact) mass is 364 g/mol. The number of hydrogen-bond donors (Lipinski definition) is 0. The summed E-state index contributed by atoms with van der Waals surface area (Å²) in [6.07, 6.45) is 0.532. The summed E-state index contributed by atoms with van der Waals surface area (Å²) in [5, 5.41) is 0.676. The lowest BCUT2D eigenvalue weighted by atomic mass is 10.1. The van der Waals surface area contributed by atoms with Gasteiger partial charge in [-0.1, -0.05) is 18.2 Å². The quantitative estimate of drug-likeness (QED) is 0.766. The highest BCUT2D eigenvalue weighted by molar-refractivity contribution is 7.89. The molecular weight excluding hydrogens is 344 g/mol. The molecule has 0 spiro atoms. The van der Waals surface area contributed by atoms with E-state index in [4.69, 9.17) is 4.42 Å². The molecule has 1 fully saturated rings. The van der Waals surface area contributed by atoms with Gasteiger partial charge in [-0.15, -0.1) is 0 Å². The van der Waals surface area contributed by atoms with Crippen molar-refractivity contribution in [3.05, 3.63) is 46.3 Å². The van der Waals surface area contributed by atoms with Crippen molar-refractivity contribution < 1.29 is 17.6 Å². The van der Waals surface area contributed by atoms with Crippen molar-refractivity contribution in [3.63, 3.8) is 0 Å². The smallest absolute Gasteiger partial charge is 0.349 e. The van der Waals surface area contributed by atoms with Crippen LogP contribution < -0.4 is 5.63 Å².